The number of phenols is 1. The topological polar surface area (TPSA) is 162 Å². The number of nitrogens with one attached hydrogen (secondary N) is 4. The Morgan fingerprint density at radius 3 is 2.38 bits per heavy atom. The Hall–Kier alpha value is -5.14. The Balaban J connectivity index is 1.25. The maximum absolute atomic E-state index is 13.0. The van der Waals surface area contributed by atoms with Crippen LogP contribution in [0.2, 0.25) is 23.2 Å². The molecule has 5 rings (SSSR count). The number of aromatic amines is 1. The molecule has 0 saturated carbocycles. The lowest BCUT2D eigenvalue weighted by molar-refractivity contribution is -0.116. The molecule has 4 aromatic carbocycles. The molecule has 1 atom stereocenters. The minimum atomic E-state index is -2.28. The highest BCUT2D eigenvalue weighted by molar-refractivity contribution is 6.74. The molecule has 0 fully saturated rings. The van der Waals surface area contributed by atoms with Crippen LogP contribution in [0.15, 0.2) is 89.7 Å². The summed E-state index contributed by atoms with van der Waals surface area (Å²) in [6.45, 7) is 11.7. The van der Waals surface area contributed by atoms with E-state index in [0.29, 0.717) is 59.0 Å². The van der Waals surface area contributed by atoms with Crippen LogP contribution in [0.5, 0.6) is 11.5 Å². The highest BCUT2D eigenvalue weighted by atomic mass is 35.5. The van der Waals surface area contributed by atoms with E-state index in [4.69, 9.17) is 20.8 Å². The van der Waals surface area contributed by atoms with Gasteiger partial charge in [-0.05, 0) is 71.9 Å². The maximum Gasteiger partial charge on any atom is 0.409 e. The van der Waals surface area contributed by atoms with Crippen molar-refractivity contribution in [2.75, 3.05) is 24.3 Å². The summed E-state index contributed by atoms with van der Waals surface area (Å²) in [4.78, 5) is 39.4. The molecule has 0 aliphatic carbocycles. The number of aromatic nitrogens is 1. The minimum Gasteiger partial charge on any atom is -0.506 e. The number of carboxylic acid groups (broad SMARTS) is 1. The largest absolute Gasteiger partial charge is 0.506 e. The molecule has 55 heavy (non-hydrogen) atoms. The van der Waals surface area contributed by atoms with E-state index in [1.54, 1.807) is 37.4 Å². The number of rotatable bonds is 15. The predicted molar refractivity (Wildman–Crippen MR) is 222 cm³/mol. The first-order chi connectivity index (χ1) is 26.1. The number of methoxy groups -OCH3 is 1. The number of ether oxygens (including phenoxy) is 1. The number of pyridine rings is 1. The summed E-state index contributed by atoms with van der Waals surface area (Å²) in [7, 11) is -0.722. The lowest BCUT2D eigenvalue weighted by Crippen LogP contribution is -2.43. The Kier molecular flexibility index (Phi) is 13.1. The second-order valence-corrected chi connectivity index (χ2v) is 20.2. The number of aromatic hydroxyl groups is 1. The minimum absolute atomic E-state index is 0.0139. The predicted octanol–water partition coefficient (Wildman–Crippen LogP) is 9.47. The quantitative estimate of drug-likeness (QED) is 0.0572. The van der Waals surface area contributed by atoms with Crippen molar-refractivity contribution in [3.8, 4) is 22.6 Å². The number of aryl methyl sites for hydroxylation is 1. The number of H-pyrrole nitrogens is 1. The number of fused-ring (bicyclic) bond motifs is 1. The van der Waals surface area contributed by atoms with Crippen LogP contribution in [0.3, 0.4) is 0 Å². The Morgan fingerprint density at radius 2 is 1.69 bits per heavy atom. The third kappa shape index (κ3) is 10.3. The molecule has 6 N–H and O–H groups in total. The second-order valence-electron chi connectivity index (χ2n) is 15.0. The van der Waals surface area contributed by atoms with Crippen molar-refractivity contribution in [2.24, 2.45) is 0 Å². The van der Waals surface area contributed by atoms with Gasteiger partial charge in [0.25, 0.3) is 0 Å². The van der Waals surface area contributed by atoms with E-state index >= 15 is 0 Å². The Morgan fingerprint density at radius 1 is 0.945 bits per heavy atom. The van der Waals surface area contributed by atoms with E-state index in [0.717, 1.165) is 27.8 Å². The lowest BCUT2D eigenvalue weighted by Gasteiger charge is -2.39. The van der Waals surface area contributed by atoms with Gasteiger partial charge in [0.2, 0.25) is 11.5 Å². The highest BCUT2D eigenvalue weighted by Crippen LogP contribution is 2.41. The molecule has 0 bridgehead atoms. The molecule has 0 aliphatic rings. The number of carbonyl (C=O) groups excluding carboxylic acids is 1. The summed E-state index contributed by atoms with van der Waals surface area (Å²) in [6.07, 6.45) is -0.234. The molecule has 0 radical (unpaired) electrons. The summed E-state index contributed by atoms with van der Waals surface area (Å²) in [5.41, 5.74) is 5.16. The van der Waals surface area contributed by atoms with E-state index in [1.165, 1.54) is 6.07 Å². The molecule has 13 heteroatoms. The average Bonchev–Trinajstić information content (AvgIpc) is 3.12. The van der Waals surface area contributed by atoms with Crippen LogP contribution in [0.4, 0.5) is 16.2 Å². The van der Waals surface area contributed by atoms with E-state index < -0.39 is 20.5 Å². The second kappa shape index (κ2) is 17.5. The van der Waals surface area contributed by atoms with Crippen molar-refractivity contribution in [1.29, 1.82) is 0 Å². The van der Waals surface area contributed by atoms with Gasteiger partial charge in [-0.2, -0.15) is 0 Å². The number of anilines is 2. The molecule has 1 unspecified atom stereocenters. The zero-order chi connectivity index (χ0) is 39.9. The van der Waals surface area contributed by atoms with E-state index in [1.807, 2.05) is 48.5 Å². The van der Waals surface area contributed by atoms with Crippen LogP contribution in [-0.4, -0.2) is 49.2 Å². The molecule has 0 saturated heterocycles. The van der Waals surface area contributed by atoms with E-state index in [9.17, 15) is 24.6 Å². The van der Waals surface area contributed by atoms with Crippen LogP contribution in [0.1, 0.15) is 56.4 Å². The zero-order valence-corrected chi connectivity index (χ0v) is 33.8. The molecule has 0 spiro atoms. The Bertz CT molecular complexity index is 2220. The summed E-state index contributed by atoms with van der Waals surface area (Å²) >= 11 is 6.70. The monoisotopic (exact) mass is 784 g/mol. The van der Waals surface area contributed by atoms with Crippen LogP contribution >= 0.6 is 11.6 Å². The van der Waals surface area contributed by atoms with Gasteiger partial charge in [-0.25, -0.2) is 4.79 Å². The molecule has 0 aliphatic heterocycles. The van der Waals surface area contributed by atoms with Gasteiger partial charge < -0.3 is 35.0 Å². The number of amides is 2. The molecular formula is C42H49ClN4O7Si. The smallest absolute Gasteiger partial charge is 0.409 e. The van der Waals surface area contributed by atoms with Crippen molar-refractivity contribution in [3.63, 3.8) is 0 Å². The van der Waals surface area contributed by atoms with Crippen LogP contribution in [0, 0.1) is 0 Å². The normalized spacial score (nSPS) is 12.3. The fourth-order valence-corrected chi connectivity index (χ4v) is 7.65. The van der Waals surface area contributed by atoms with Crippen molar-refractivity contribution < 1.29 is 29.0 Å². The van der Waals surface area contributed by atoms with Crippen LogP contribution in [-0.2, 0) is 22.2 Å². The molecule has 2 amide bonds. The third-order valence-corrected chi connectivity index (χ3v) is 14.9. The summed E-state index contributed by atoms with van der Waals surface area (Å²) in [5.74, 6) is 0.311. The van der Waals surface area contributed by atoms with Gasteiger partial charge in [0.1, 0.15) is 11.5 Å². The summed E-state index contributed by atoms with van der Waals surface area (Å²) in [5, 5.41) is 29.8. The summed E-state index contributed by atoms with van der Waals surface area (Å²) < 4.78 is 12.6. The standard InChI is InChI=1S/C42H49ClN4O7Si/c1-42(2,3)55(5,6)54-37(30-17-19-35(48)40-31(30)18-20-39(50)47-40)25-44-24-28-22-32(43)34(23-36(28)53-4)45-38(49)14-10-11-26-15-16-29(27-12-8-7-9-13-27)33(21-26)46-41(51)52/h7-9,12-13,15-23,37,44,46,48H,10-11,14,24-25H2,1-6H3,(H,45,49)(H,47,50)(H,51,52). The van der Waals surface area contributed by atoms with Gasteiger partial charge in [0, 0.05) is 48.2 Å². The fraction of sp³-hybridized carbons (Fsp3) is 0.310. The average molecular weight is 785 g/mol. The molecule has 1 aromatic heterocycles. The molecule has 11 nitrogen and oxygen atoms in total. The van der Waals surface area contributed by atoms with E-state index in [2.05, 4.69) is 54.8 Å². The van der Waals surface area contributed by atoms with Crippen LogP contribution in [0.25, 0.3) is 22.0 Å². The molecule has 290 valence electrons. The first kappa shape index (κ1) is 41.0. The van der Waals surface area contributed by atoms with Gasteiger partial charge in [-0.15, -0.1) is 0 Å². The fourth-order valence-electron chi connectivity index (χ4n) is 6.14. The van der Waals surface area contributed by atoms with Crippen LogP contribution < -0.4 is 26.2 Å². The van der Waals surface area contributed by atoms with E-state index in [-0.39, 0.29) is 28.7 Å². The number of carbonyl (C=O) groups is 2. The van der Waals surface area contributed by atoms with Gasteiger partial charge in [-0.3, -0.25) is 14.9 Å². The van der Waals surface area contributed by atoms with Crippen molar-refractivity contribution in [2.45, 2.75) is 70.8 Å². The van der Waals surface area contributed by atoms with Crippen molar-refractivity contribution in [3.05, 3.63) is 117 Å². The first-order valence-electron chi connectivity index (χ1n) is 18.1. The number of hydrogen-bond acceptors (Lipinski definition) is 7. The Labute approximate surface area is 327 Å². The molecule has 1 heterocycles. The number of phenolic OH excluding ortho intramolecular Hbond substituents is 1. The number of hydrogen-bond donors (Lipinski definition) is 6. The first-order valence-corrected chi connectivity index (χ1v) is 21.4. The zero-order valence-electron chi connectivity index (χ0n) is 32.0. The van der Waals surface area contributed by atoms with Gasteiger partial charge in [0.15, 0.2) is 8.32 Å². The molecular weight excluding hydrogens is 736 g/mol. The van der Waals surface area contributed by atoms with Gasteiger partial charge >= 0.3 is 6.09 Å². The number of halogens is 1. The third-order valence-electron chi connectivity index (χ3n) is 10.1. The van der Waals surface area contributed by atoms with Crippen molar-refractivity contribution >= 4 is 54.2 Å². The number of benzene rings is 4. The van der Waals surface area contributed by atoms with Crippen molar-refractivity contribution in [1.82, 2.24) is 10.3 Å². The highest BCUT2D eigenvalue weighted by Gasteiger charge is 2.39. The molecule has 5 aromatic rings. The van der Waals surface area contributed by atoms with Gasteiger partial charge in [-0.1, -0.05) is 80.9 Å². The summed E-state index contributed by atoms with van der Waals surface area (Å²) in [6, 6.07) is 25.2. The lowest BCUT2D eigenvalue weighted by atomic mass is 9.99. The SMILES string of the molecule is COc1cc(NC(=O)CCCc2ccc(-c3ccccc3)c(NC(=O)O)c2)c(Cl)cc1CNCC(O[Si](C)(C)C(C)(C)C)c1ccc(O)c2[nH]c(=O)ccc12. The van der Waals surface area contributed by atoms with Gasteiger partial charge in [0.05, 0.1) is 35.1 Å². The maximum atomic E-state index is 13.0.